The van der Waals surface area contributed by atoms with Crippen LogP contribution in [0.25, 0.3) is 0 Å². The average Bonchev–Trinajstić information content (AvgIpc) is 3.31. The predicted molar refractivity (Wildman–Crippen MR) is 101 cm³/mol. The molecule has 0 fully saturated rings. The smallest absolute Gasteiger partial charge is 0.223 e. The topological polar surface area (TPSA) is 56.1 Å². The summed E-state index contributed by atoms with van der Waals surface area (Å²) in [6.45, 7) is 1.85. The number of hydrogen-bond acceptors (Lipinski definition) is 4. The van der Waals surface area contributed by atoms with Crippen LogP contribution in [-0.4, -0.2) is 22.1 Å². The van der Waals surface area contributed by atoms with Gasteiger partial charge in [0.15, 0.2) is 0 Å². The van der Waals surface area contributed by atoms with Crippen molar-refractivity contribution in [3.8, 4) is 0 Å². The maximum Gasteiger partial charge on any atom is 0.223 e. The molecule has 0 spiro atoms. The molecule has 0 radical (unpaired) electrons. The fraction of sp³-hybridized carbons (Fsp3) is 0.300. The number of amides is 1. The Labute approximate surface area is 156 Å². The van der Waals surface area contributed by atoms with Crippen molar-refractivity contribution in [2.75, 3.05) is 6.61 Å². The van der Waals surface area contributed by atoms with Crippen LogP contribution in [0.5, 0.6) is 0 Å². The summed E-state index contributed by atoms with van der Waals surface area (Å²) in [6, 6.07) is 12.4. The molecule has 1 unspecified atom stereocenters. The Kier molecular flexibility index (Phi) is 5.13. The zero-order chi connectivity index (χ0) is 17.8. The van der Waals surface area contributed by atoms with E-state index in [0.717, 1.165) is 18.8 Å². The number of nitrogens with zero attached hydrogens (tertiary/aromatic N) is 2. The van der Waals surface area contributed by atoms with Gasteiger partial charge in [0.05, 0.1) is 19.6 Å². The Morgan fingerprint density at radius 2 is 2.19 bits per heavy atom. The van der Waals surface area contributed by atoms with Gasteiger partial charge in [0.2, 0.25) is 5.91 Å². The second-order valence-corrected chi connectivity index (χ2v) is 7.31. The van der Waals surface area contributed by atoms with Crippen molar-refractivity contribution in [1.82, 2.24) is 14.9 Å². The van der Waals surface area contributed by atoms with Crippen LogP contribution >= 0.6 is 11.3 Å². The monoisotopic (exact) mass is 367 g/mol. The van der Waals surface area contributed by atoms with Crippen LogP contribution in [0.2, 0.25) is 0 Å². The summed E-state index contributed by atoms with van der Waals surface area (Å²) < 4.78 is 7.86. The molecule has 0 saturated carbocycles. The zero-order valence-electron chi connectivity index (χ0n) is 14.4. The number of nitrogens with one attached hydrogen (secondary N) is 1. The molecule has 1 N–H and O–H groups in total. The maximum atomic E-state index is 12.4. The van der Waals surface area contributed by atoms with E-state index in [-0.39, 0.29) is 12.0 Å². The van der Waals surface area contributed by atoms with E-state index in [1.54, 1.807) is 17.5 Å². The Morgan fingerprint density at radius 1 is 1.31 bits per heavy atom. The van der Waals surface area contributed by atoms with Gasteiger partial charge >= 0.3 is 0 Å². The van der Waals surface area contributed by atoms with E-state index in [1.807, 2.05) is 24.4 Å². The van der Waals surface area contributed by atoms with Crippen molar-refractivity contribution in [1.29, 1.82) is 0 Å². The SMILES string of the molecule is O=C(CC1OCCc2ccsc21)NCc1nccn1Cc1ccccc1. The lowest BCUT2D eigenvalue weighted by atomic mass is 10.1. The second kappa shape index (κ2) is 7.85. The molecular weight excluding hydrogens is 346 g/mol. The number of carbonyl (C=O) groups is 1. The Balaban J connectivity index is 1.34. The highest BCUT2D eigenvalue weighted by molar-refractivity contribution is 7.10. The first-order valence-electron chi connectivity index (χ1n) is 8.78. The van der Waals surface area contributed by atoms with Gasteiger partial charge in [-0.1, -0.05) is 30.3 Å². The van der Waals surface area contributed by atoms with Gasteiger partial charge in [-0.15, -0.1) is 11.3 Å². The lowest BCUT2D eigenvalue weighted by molar-refractivity contribution is -0.124. The molecule has 0 saturated heterocycles. The Hall–Kier alpha value is -2.44. The highest BCUT2D eigenvalue weighted by atomic mass is 32.1. The molecule has 1 atom stereocenters. The molecule has 1 aliphatic rings. The van der Waals surface area contributed by atoms with Gasteiger partial charge in [-0.05, 0) is 29.0 Å². The van der Waals surface area contributed by atoms with Crippen LogP contribution in [0, 0.1) is 0 Å². The van der Waals surface area contributed by atoms with E-state index in [1.165, 1.54) is 16.0 Å². The van der Waals surface area contributed by atoms with Gasteiger partial charge in [-0.2, -0.15) is 0 Å². The van der Waals surface area contributed by atoms with Gasteiger partial charge in [0.25, 0.3) is 0 Å². The fourth-order valence-corrected chi connectivity index (χ4v) is 4.23. The van der Waals surface area contributed by atoms with Crippen LogP contribution in [0.4, 0.5) is 0 Å². The molecule has 5 nitrogen and oxygen atoms in total. The summed E-state index contributed by atoms with van der Waals surface area (Å²) in [5.41, 5.74) is 2.52. The lowest BCUT2D eigenvalue weighted by Gasteiger charge is -2.22. The lowest BCUT2D eigenvalue weighted by Crippen LogP contribution is -2.28. The number of aromatic nitrogens is 2. The minimum absolute atomic E-state index is 0.00879. The van der Waals surface area contributed by atoms with Crippen molar-refractivity contribution in [3.63, 3.8) is 0 Å². The van der Waals surface area contributed by atoms with Crippen molar-refractivity contribution >= 4 is 17.2 Å². The second-order valence-electron chi connectivity index (χ2n) is 6.36. The van der Waals surface area contributed by atoms with E-state index in [9.17, 15) is 4.79 Å². The van der Waals surface area contributed by atoms with E-state index in [0.29, 0.717) is 19.6 Å². The first-order chi connectivity index (χ1) is 12.8. The Bertz CT molecular complexity index is 872. The minimum atomic E-state index is -0.122. The van der Waals surface area contributed by atoms with Crippen molar-refractivity contribution < 1.29 is 9.53 Å². The first kappa shape index (κ1) is 17.0. The van der Waals surface area contributed by atoms with E-state index >= 15 is 0 Å². The van der Waals surface area contributed by atoms with Crippen LogP contribution in [0.1, 0.15) is 34.4 Å². The van der Waals surface area contributed by atoms with Gasteiger partial charge in [0, 0.05) is 23.8 Å². The molecule has 134 valence electrons. The number of rotatable bonds is 6. The van der Waals surface area contributed by atoms with Crippen LogP contribution in [0.3, 0.4) is 0 Å². The molecule has 3 heterocycles. The van der Waals surface area contributed by atoms with Gasteiger partial charge < -0.3 is 14.6 Å². The third-order valence-corrected chi connectivity index (χ3v) is 5.63. The van der Waals surface area contributed by atoms with Crippen LogP contribution < -0.4 is 5.32 Å². The molecule has 3 aromatic rings. The number of carbonyl (C=O) groups excluding carboxylic acids is 1. The molecule has 26 heavy (non-hydrogen) atoms. The molecular formula is C20H21N3O2S. The molecule has 6 heteroatoms. The largest absolute Gasteiger partial charge is 0.372 e. The van der Waals surface area contributed by atoms with E-state index in [2.05, 4.69) is 38.4 Å². The highest BCUT2D eigenvalue weighted by Gasteiger charge is 2.24. The number of imidazole rings is 1. The van der Waals surface area contributed by atoms with Crippen molar-refractivity contribution in [3.05, 3.63) is 76.0 Å². The summed E-state index contributed by atoms with van der Waals surface area (Å²) in [6.07, 6.45) is 4.88. The van der Waals surface area contributed by atoms with Gasteiger partial charge in [-0.25, -0.2) is 4.98 Å². The maximum absolute atomic E-state index is 12.4. The summed E-state index contributed by atoms with van der Waals surface area (Å²) in [4.78, 5) is 18.0. The summed E-state index contributed by atoms with van der Waals surface area (Å²) in [7, 11) is 0. The van der Waals surface area contributed by atoms with Crippen molar-refractivity contribution in [2.45, 2.75) is 32.0 Å². The molecule has 1 aromatic carbocycles. The third-order valence-electron chi connectivity index (χ3n) is 4.58. The van der Waals surface area contributed by atoms with E-state index in [4.69, 9.17) is 4.74 Å². The summed E-state index contributed by atoms with van der Waals surface area (Å²) in [5, 5.41) is 5.06. The third kappa shape index (κ3) is 3.86. The number of hydrogen-bond donors (Lipinski definition) is 1. The highest BCUT2D eigenvalue weighted by Crippen LogP contribution is 2.33. The molecule has 1 aliphatic heterocycles. The molecule has 2 aromatic heterocycles. The molecule has 4 rings (SSSR count). The number of fused-ring (bicyclic) bond motifs is 1. The average molecular weight is 367 g/mol. The quantitative estimate of drug-likeness (QED) is 0.727. The van der Waals surface area contributed by atoms with E-state index < -0.39 is 0 Å². The molecule has 0 aliphatic carbocycles. The first-order valence-corrected chi connectivity index (χ1v) is 9.66. The normalized spacial score (nSPS) is 16.2. The number of ether oxygens (including phenoxy) is 1. The summed E-state index contributed by atoms with van der Waals surface area (Å²) >= 11 is 1.67. The molecule has 0 bridgehead atoms. The molecule has 1 amide bonds. The van der Waals surface area contributed by atoms with Crippen molar-refractivity contribution in [2.24, 2.45) is 0 Å². The predicted octanol–water partition coefficient (Wildman–Crippen LogP) is 3.31. The standard InChI is InChI=1S/C20H21N3O2S/c24-19(12-17-20-16(6-10-25-17)7-11-26-20)22-13-18-21-8-9-23(18)14-15-4-2-1-3-5-15/h1-5,7-9,11,17H,6,10,12-14H2,(H,22,24). The summed E-state index contributed by atoms with van der Waals surface area (Å²) in [5.74, 6) is 0.842. The van der Waals surface area contributed by atoms with Gasteiger partial charge in [-0.3, -0.25) is 4.79 Å². The van der Waals surface area contributed by atoms with Crippen LogP contribution in [-0.2, 0) is 29.0 Å². The number of benzene rings is 1. The minimum Gasteiger partial charge on any atom is -0.372 e. The van der Waals surface area contributed by atoms with Gasteiger partial charge in [0.1, 0.15) is 11.9 Å². The number of thiophene rings is 1. The fourth-order valence-electron chi connectivity index (χ4n) is 3.22. The van der Waals surface area contributed by atoms with Crippen LogP contribution in [0.15, 0.2) is 54.2 Å². The Morgan fingerprint density at radius 3 is 3.08 bits per heavy atom. The zero-order valence-corrected chi connectivity index (χ0v) is 15.2.